The second kappa shape index (κ2) is 11.6. The van der Waals surface area contributed by atoms with E-state index in [1.165, 1.54) is 16.2 Å². The van der Waals surface area contributed by atoms with Crippen molar-refractivity contribution in [3.8, 4) is 16.3 Å². The molecular formula is C28H38N4O5S. The van der Waals surface area contributed by atoms with Crippen LogP contribution in [0.25, 0.3) is 21.3 Å². The highest BCUT2D eigenvalue weighted by Gasteiger charge is 2.29. The van der Waals surface area contributed by atoms with Crippen LogP contribution in [0.4, 0.5) is 10.6 Å². The molecule has 0 fully saturated rings. The number of carbonyl (C=O) groups is 2. The highest BCUT2D eigenvalue weighted by atomic mass is 32.1. The van der Waals surface area contributed by atoms with Gasteiger partial charge >= 0.3 is 6.09 Å². The van der Waals surface area contributed by atoms with Gasteiger partial charge in [0.05, 0.1) is 17.7 Å². The van der Waals surface area contributed by atoms with E-state index in [0.29, 0.717) is 56.6 Å². The van der Waals surface area contributed by atoms with Gasteiger partial charge in [0.15, 0.2) is 11.6 Å². The van der Waals surface area contributed by atoms with Crippen LogP contribution in [-0.2, 0) is 11.3 Å². The minimum atomic E-state index is -0.720. The molecule has 1 aromatic carbocycles. The Hall–Kier alpha value is -3.40. The zero-order chi connectivity index (χ0) is 28.4. The highest BCUT2D eigenvalue weighted by molar-refractivity contribution is 7.17. The van der Waals surface area contributed by atoms with Gasteiger partial charge in [0.1, 0.15) is 15.5 Å². The van der Waals surface area contributed by atoms with E-state index in [9.17, 15) is 14.4 Å². The lowest BCUT2D eigenvalue weighted by Gasteiger charge is -2.29. The number of aryl methyl sites for hydroxylation is 1. The summed E-state index contributed by atoms with van der Waals surface area (Å²) in [6, 6.07) is 5.38. The molecule has 2 heterocycles. The maximum Gasteiger partial charge on any atom is 0.415 e. The van der Waals surface area contributed by atoms with Crippen molar-refractivity contribution in [3.63, 3.8) is 0 Å². The number of rotatable bonds is 9. The van der Waals surface area contributed by atoms with E-state index in [1.807, 2.05) is 19.9 Å². The SMILES string of the molecule is CCCCOc1c(N(C)C(=O)OC(C)(C)C)n(CC(C)C)c(=O)c2ccc(-c3nc(C)c(C(N)=O)s3)cc12. The van der Waals surface area contributed by atoms with Crippen LogP contribution in [0.1, 0.15) is 69.7 Å². The largest absolute Gasteiger partial charge is 0.489 e. The van der Waals surface area contributed by atoms with Crippen molar-refractivity contribution in [3.05, 3.63) is 39.1 Å². The molecule has 2 aromatic heterocycles. The zero-order valence-electron chi connectivity index (χ0n) is 23.5. The van der Waals surface area contributed by atoms with Crippen LogP contribution in [0.5, 0.6) is 5.75 Å². The average molecular weight is 543 g/mol. The third-order valence-corrected chi connectivity index (χ3v) is 6.96. The summed E-state index contributed by atoms with van der Waals surface area (Å²) < 4.78 is 13.6. The van der Waals surface area contributed by atoms with Gasteiger partial charge in [-0.05, 0) is 52.2 Å². The second-order valence-electron chi connectivity index (χ2n) is 10.8. The summed E-state index contributed by atoms with van der Waals surface area (Å²) >= 11 is 1.20. The van der Waals surface area contributed by atoms with E-state index in [1.54, 1.807) is 51.4 Å². The Labute approximate surface area is 227 Å². The van der Waals surface area contributed by atoms with Gasteiger partial charge in [0.2, 0.25) is 0 Å². The first kappa shape index (κ1) is 29.2. The molecule has 0 radical (unpaired) electrons. The molecule has 0 saturated carbocycles. The Morgan fingerprint density at radius 1 is 1.21 bits per heavy atom. The number of fused-ring (bicyclic) bond motifs is 1. The van der Waals surface area contributed by atoms with Crippen LogP contribution < -0.4 is 20.9 Å². The molecule has 9 nitrogen and oxygen atoms in total. The fourth-order valence-corrected chi connectivity index (χ4v) is 4.95. The lowest BCUT2D eigenvalue weighted by Crippen LogP contribution is -2.38. The molecule has 0 spiro atoms. The fourth-order valence-electron chi connectivity index (χ4n) is 4.03. The summed E-state index contributed by atoms with van der Waals surface area (Å²) in [5.41, 5.74) is 5.82. The Balaban J connectivity index is 2.34. The second-order valence-corrected chi connectivity index (χ2v) is 11.8. The number of unbranched alkanes of at least 4 members (excludes halogenated alkanes) is 1. The molecule has 206 valence electrons. The summed E-state index contributed by atoms with van der Waals surface area (Å²) in [6.07, 6.45) is 1.13. The highest BCUT2D eigenvalue weighted by Crippen LogP contribution is 2.38. The molecule has 0 atom stereocenters. The molecule has 0 aliphatic carbocycles. The predicted molar refractivity (Wildman–Crippen MR) is 152 cm³/mol. The number of hydrogen-bond donors (Lipinski definition) is 1. The number of pyridine rings is 1. The van der Waals surface area contributed by atoms with Crippen molar-refractivity contribution in [2.75, 3.05) is 18.6 Å². The number of aromatic nitrogens is 2. The summed E-state index contributed by atoms with van der Waals surface area (Å²) in [7, 11) is 1.59. The summed E-state index contributed by atoms with van der Waals surface area (Å²) in [6.45, 7) is 14.0. The molecule has 2 N–H and O–H groups in total. The van der Waals surface area contributed by atoms with E-state index < -0.39 is 17.6 Å². The maximum absolute atomic E-state index is 13.8. The lowest BCUT2D eigenvalue weighted by molar-refractivity contribution is 0.0585. The molecule has 2 amide bonds. The first-order valence-electron chi connectivity index (χ1n) is 12.8. The maximum atomic E-state index is 13.8. The van der Waals surface area contributed by atoms with Gasteiger partial charge in [0.25, 0.3) is 11.5 Å². The molecule has 0 aliphatic rings. The van der Waals surface area contributed by atoms with E-state index in [-0.39, 0.29) is 11.5 Å². The van der Waals surface area contributed by atoms with E-state index in [4.69, 9.17) is 15.2 Å². The Bertz CT molecular complexity index is 1400. The van der Waals surface area contributed by atoms with E-state index in [2.05, 4.69) is 11.9 Å². The number of thiazole rings is 1. The third-order valence-electron chi connectivity index (χ3n) is 5.74. The molecule has 0 bridgehead atoms. The van der Waals surface area contributed by atoms with Crippen LogP contribution in [0.3, 0.4) is 0 Å². The van der Waals surface area contributed by atoms with Crippen molar-refractivity contribution >= 4 is 39.9 Å². The number of hydrogen-bond acceptors (Lipinski definition) is 7. The van der Waals surface area contributed by atoms with Gasteiger partial charge in [-0.1, -0.05) is 33.3 Å². The topological polar surface area (TPSA) is 117 Å². The molecule has 10 heteroatoms. The molecule has 0 aliphatic heterocycles. The smallest absolute Gasteiger partial charge is 0.415 e. The average Bonchev–Trinajstić information content (AvgIpc) is 3.21. The number of anilines is 1. The van der Waals surface area contributed by atoms with Gasteiger partial charge in [0, 0.05) is 24.5 Å². The zero-order valence-corrected chi connectivity index (χ0v) is 24.3. The minimum absolute atomic E-state index is 0.129. The van der Waals surface area contributed by atoms with E-state index in [0.717, 1.165) is 12.8 Å². The summed E-state index contributed by atoms with van der Waals surface area (Å²) in [5, 5.41) is 1.62. The fraction of sp³-hybridized carbons (Fsp3) is 0.500. The number of amides is 2. The number of primary amides is 1. The van der Waals surface area contributed by atoms with Gasteiger partial charge in [-0.25, -0.2) is 9.78 Å². The predicted octanol–water partition coefficient (Wildman–Crippen LogP) is 5.74. The Kier molecular flexibility index (Phi) is 8.86. The van der Waals surface area contributed by atoms with Crippen molar-refractivity contribution in [1.29, 1.82) is 0 Å². The van der Waals surface area contributed by atoms with Gasteiger partial charge < -0.3 is 15.2 Å². The van der Waals surface area contributed by atoms with Crippen molar-refractivity contribution < 1.29 is 19.1 Å². The molecule has 3 aromatic rings. The number of benzene rings is 1. The number of ether oxygens (including phenoxy) is 2. The quantitative estimate of drug-likeness (QED) is 0.345. The van der Waals surface area contributed by atoms with Crippen LogP contribution in [0, 0.1) is 12.8 Å². The molecule has 38 heavy (non-hydrogen) atoms. The first-order chi connectivity index (χ1) is 17.7. The van der Waals surface area contributed by atoms with Crippen molar-refractivity contribution in [1.82, 2.24) is 9.55 Å². The molecule has 0 unspecified atom stereocenters. The van der Waals surface area contributed by atoms with Gasteiger partial charge in [-0.15, -0.1) is 11.3 Å². The monoisotopic (exact) mass is 542 g/mol. The Morgan fingerprint density at radius 3 is 2.45 bits per heavy atom. The standard InChI is InChI=1S/C28H38N4O5S/c1-9-10-13-36-21-20-14-18(24-30-17(4)22(38-24)23(29)33)11-12-19(20)26(34)32(15-16(2)3)25(21)31(8)27(35)37-28(5,6)7/h11-12,14,16H,9-10,13,15H2,1-8H3,(H2,29,33). The number of carbonyl (C=O) groups excluding carboxylic acids is 2. The number of nitrogens with two attached hydrogens (primary N) is 1. The van der Waals surface area contributed by atoms with Crippen molar-refractivity contribution in [2.45, 2.75) is 73.5 Å². The Morgan fingerprint density at radius 2 is 1.89 bits per heavy atom. The molecular weight excluding hydrogens is 504 g/mol. The van der Waals surface area contributed by atoms with Crippen LogP contribution in [-0.4, -0.2) is 40.8 Å². The minimum Gasteiger partial charge on any atom is -0.489 e. The van der Waals surface area contributed by atoms with Crippen LogP contribution in [0.2, 0.25) is 0 Å². The molecule has 0 saturated heterocycles. The summed E-state index contributed by atoms with van der Waals surface area (Å²) in [5.74, 6) is 0.358. The third kappa shape index (κ3) is 6.35. The van der Waals surface area contributed by atoms with Gasteiger partial charge in [-0.2, -0.15) is 0 Å². The van der Waals surface area contributed by atoms with Gasteiger partial charge in [-0.3, -0.25) is 19.1 Å². The van der Waals surface area contributed by atoms with Crippen LogP contribution >= 0.6 is 11.3 Å². The molecule has 3 rings (SSSR count). The lowest BCUT2D eigenvalue weighted by atomic mass is 10.1. The first-order valence-corrected chi connectivity index (χ1v) is 13.6. The normalized spacial score (nSPS) is 11.7. The summed E-state index contributed by atoms with van der Waals surface area (Å²) in [4.78, 5) is 45.1. The van der Waals surface area contributed by atoms with Crippen molar-refractivity contribution in [2.24, 2.45) is 11.7 Å². The van der Waals surface area contributed by atoms with Crippen LogP contribution in [0.15, 0.2) is 23.0 Å². The number of nitrogens with zero attached hydrogens (tertiary/aromatic N) is 3. The van der Waals surface area contributed by atoms with E-state index >= 15 is 0 Å².